The minimum absolute atomic E-state index is 0.0628. The molecule has 0 saturated carbocycles. The van der Waals surface area contributed by atoms with Crippen LogP contribution in [0.15, 0.2) is 77.8 Å². The van der Waals surface area contributed by atoms with E-state index < -0.39 is 0 Å². The smallest absolute Gasteiger partial charge is 0.262 e. The first-order valence-electron chi connectivity index (χ1n) is 8.59. The number of benzene rings is 3. The van der Waals surface area contributed by atoms with Crippen LogP contribution in [0.2, 0.25) is 5.02 Å². The molecule has 0 radical (unpaired) electrons. The molecule has 0 saturated heterocycles. The third-order valence-corrected chi connectivity index (χ3v) is 4.10. The third kappa shape index (κ3) is 5.59. The average molecular weight is 395 g/mol. The van der Waals surface area contributed by atoms with Gasteiger partial charge in [-0.15, -0.1) is 0 Å². The van der Waals surface area contributed by atoms with Gasteiger partial charge in [0.05, 0.1) is 17.8 Å². The van der Waals surface area contributed by atoms with Crippen molar-refractivity contribution in [2.45, 2.75) is 0 Å². The van der Waals surface area contributed by atoms with Crippen molar-refractivity contribution in [2.24, 2.45) is 4.99 Å². The fraction of sp³-hybridized carbons (Fsp3) is 0.0909. The van der Waals surface area contributed by atoms with Gasteiger partial charge >= 0.3 is 0 Å². The first-order chi connectivity index (χ1) is 13.6. The maximum atomic E-state index is 11.9. The van der Waals surface area contributed by atoms with Crippen molar-refractivity contribution in [3.05, 3.63) is 83.4 Å². The Bertz CT molecular complexity index is 957. The van der Waals surface area contributed by atoms with Gasteiger partial charge in [0.25, 0.3) is 5.91 Å². The minimum atomic E-state index is -0.215. The molecule has 0 bridgehead atoms. The summed E-state index contributed by atoms with van der Waals surface area (Å²) in [4.78, 5) is 16.3. The van der Waals surface area contributed by atoms with Crippen LogP contribution in [-0.2, 0) is 4.79 Å². The highest BCUT2D eigenvalue weighted by atomic mass is 35.5. The van der Waals surface area contributed by atoms with Gasteiger partial charge in [-0.2, -0.15) is 0 Å². The fourth-order valence-corrected chi connectivity index (χ4v) is 2.65. The highest BCUT2D eigenvalue weighted by Gasteiger charge is 2.04. The Kier molecular flexibility index (Phi) is 6.65. The molecule has 0 unspecified atom stereocenters. The predicted octanol–water partition coefficient (Wildman–Crippen LogP) is 5.12. The van der Waals surface area contributed by atoms with E-state index in [0.29, 0.717) is 16.5 Å². The normalized spacial score (nSPS) is 10.6. The van der Waals surface area contributed by atoms with Crippen LogP contribution in [0.4, 0.5) is 11.4 Å². The van der Waals surface area contributed by atoms with Crippen molar-refractivity contribution in [2.75, 3.05) is 19.0 Å². The second-order valence-electron chi connectivity index (χ2n) is 5.85. The van der Waals surface area contributed by atoms with Gasteiger partial charge in [0.2, 0.25) is 0 Å². The Labute approximate surface area is 168 Å². The zero-order valence-corrected chi connectivity index (χ0v) is 16.0. The first-order valence-corrected chi connectivity index (χ1v) is 8.97. The number of methoxy groups -OCH3 is 1. The molecule has 3 aromatic rings. The van der Waals surface area contributed by atoms with Crippen LogP contribution < -0.4 is 14.8 Å². The number of hydrogen-bond donors (Lipinski definition) is 1. The van der Waals surface area contributed by atoms with Crippen LogP contribution >= 0.6 is 11.6 Å². The molecule has 5 nitrogen and oxygen atoms in total. The monoisotopic (exact) mass is 394 g/mol. The second kappa shape index (κ2) is 9.58. The van der Waals surface area contributed by atoms with Crippen molar-refractivity contribution in [3.8, 4) is 11.5 Å². The Morgan fingerprint density at radius 1 is 1.07 bits per heavy atom. The summed E-state index contributed by atoms with van der Waals surface area (Å²) in [7, 11) is 1.57. The SMILES string of the molecule is COc1ccc(N=Cc2ccc(OCC(=O)Nc3ccccc3)cc2)cc1Cl. The number of para-hydroxylation sites is 1. The average Bonchev–Trinajstić information content (AvgIpc) is 2.72. The molecule has 3 aromatic carbocycles. The summed E-state index contributed by atoms with van der Waals surface area (Å²) in [5.74, 6) is 1.000. The number of halogens is 1. The van der Waals surface area contributed by atoms with E-state index in [1.54, 1.807) is 37.6 Å². The summed E-state index contributed by atoms with van der Waals surface area (Å²) < 4.78 is 10.6. The lowest BCUT2D eigenvalue weighted by molar-refractivity contribution is -0.118. The topological polar surface area (TPSA) is 59.9 Å². The molecule has 0 heterocycles. The zero-order valence-electron chi connectivity index (χ0n) is 15.3. The van der Waals surface area contributed by atoms with Gasteiger partial charge in [-0.1, -0.05) is 29.8 Å². The second-order valence-corrected chi connectivity index (χ2v) is 6.26. The molecule has 0 fully saturated rings. The number of anilines is 1. The van der Waals surface area contributed by atoms with Crippen LogP contribution in [0.3, 0.4) is 0 Å². The number of nitrogens with zero attached hydrogens (tertiary/aromatic N) is 1. The highest BCUT2D eigenvalue weighted by molar-refractivity contribution is 6.32. The maximum absolute atomic E-state index is 11.9. The Balaban J connectivity index is 1.53. The van der Waals surface area contributed by atoms with E-state index in [2.05, 4.69) is 10.3 Å². The molecule has 142 valence electrons. The Morgan fingerprint density at radius 2 is 1.82 bits per heavy atom. The largest absolute Gasteiger partial charge is 0.495 e. The molecule has 1 N–H and O–H groups in total. The number of nitrogens with one attached hydrogen (secondary N) is 1. The molecule has 6 heteroatoms. The number of carbonyl (C=O) groups excluding carboxylic acids is 1. The van der Waals surface area contributed by atoms with Gasteiger partial charge in [0.15, 0.2) is 6.61 Å². The molecule has 0 aliphatic carbocycles. The minimum Gasteiger partial charge on any atom is -0.495 e. The van der Waals surface area contributed by atoms with Crippen LogP contribution in [0, 0.1) is 0 Å². The van der Waals surface area contributed by atoms with Crippen LogP contribution in [0.25, 0.3) is 0 Å². The standard InChI is InChI=1S/C22H19ClN2O3/c1-27-21-12-9-18(13-20(21)23)24-14-16-7-10-19(11-8-16)28-15-22(26)25-17-5-3-2-4-6-17/h2-14H,15H2,1H3,(H,25,26). The molecule has 0 aliphatic heterocycles. The van der Waals surface area contributed by atoms with Gasteiger partial charge < -0.3 is 14.8 Å². The van der Waals surface area contributed by atoms with E-state index >= 15 is 0 Å². The molecule has 3 rings (SSSR count). The molecule has 28 heavy (non-hydrogen) atoms. The number of amides is 1. The lowest BCUT2D eigenvalue weighted by Gasteiger charge is -2.07. The molecular formula is C22H19ClN2O3. The van der Waals surface area contributed by atoms with E-state index in [9.17, 15) is 4.79 Å². The van der Waals surface area contributed by atoms with Gasteiger partial charge in [0.1, 0.15) is 11.5 Å². The van der Waals surface area contributed by atoms with Crippen LogP contribution in [0.1, 0.15) is 5.56 Å². The predicted molar refractivity (Wildman–Crippen MR) is 112 cm³/mol. The van der Waals surface area contributed by atoms with Gasteiger partial charge in [0, 0.05) is 11.9 Å². The highest BCUT2D eigenvalue weighted by Crippen LogP contribution is 2.28. The lowest BCUT2D eigenvalue weighted by atomic mass is 10.2. The zero-order chi connectivity index (χ0) is 19.8. The Morgan fingerprint density at radius 3 is 2.50 bits per heavy atom. The number of rotatable bonds is 7. The van der Waals surface area contributed by atoms with E-state index in [-0.39, 0.29) is 12.5 Å². The Hall–Kier alpha value is -3.31. The summed E-state index contributed by atoms with van der Waals surface area (Å²) >= 11 is 6.10. The van der Waals surface area contributed by atoms with Crippen LogP contribution in [0.5, 0.6) is 11.5 Å². The lowest BCUT2D eigenvalue weighted by Crippen LogP contribution is -2.20. The maximum Gasteiger partial charge on any atom is 0.262 e. The summed E-state index contributed by atoms with van der Waals surface area (Å²) in [6, 6.07) is 21.9. The van der Waals surface area contributed by atoms with Crippen molar-refractivity contribution >= 4 is 35.1 Å². The van der Waals surface area contributed by atoms with Crippen molar-refractivity contribution in [1.29, 1.82) is 0 Å². The number of ether oxygens (including phenoxy) is 2. The third-order valence-electron chi connectivity index (χ3n) is 3.81. The first kappa shape index (κ1) is 19.5. The summed E-state index contributed by atoms with van der Waals surface area (Å²) in [5.41, 5.74) is 2.36. The van der Waals surface area contributed by atoms with Crippen molar-refractivity contribution in [3.63, 3.8) is 0 Å². The summed E-state index contributed by atoms with van der Waals surface area (Å²) in [6.45, 7) is -0.0628. The molecule has 0 atom stereocenters. The van der Waals surface area contributed by atoms with Crippen molar-refractivity contribution < 1.29 is 14.3 Å². The van der Waals surface area contributed by atoms with Gasteiger partial charge in [-0.25, -0.2) is 0 Å². The molecule has 1 amide bonds. The molecule has 0 aromatic heterocycles. The summed E-state index contributed by atoms with van der Waals surface area (Å²) in [5, 5.41) is 3.28. The molecular weight excluding hydrogens is 376 g/mol. The van der Waals surface area contributed by atoms with E-state index in [1.165, 1.54) is 0 Å². The van der Waals surface area contributed by atoms with Crippen molar-refractivity contribution in [1.82, 2.24) is 0 Å². The van der Waals surface area contributed by atoms with E-state index in [4.69, 9.17) is 21.1 Å². The van der Waals surface area contributed by atoms with Gasteiger partial charge in [-0.05, 0) is 60.2 Å². The number of aliphatic imine (C=N–C) groups is 1. The van der Waals surface area contributed by atoms with Crippen LogP contribution in [-0.4, -0.2) is 25.8 Å². The fourth-order valence-electron chi connectivity index (χ4n) is 2.40. The van der Waals surface area contributed by atoms with E-state index in [1.807, 2.05) is 48.5 Å². The van der Waals surface area contributed by atoms with Gasteiger partial charge in [-0.3, -0.25) is 9.79 Å². The molecule has 0 spiro atoms. The number of hydrogen-bond acceptors (Lipinski definition) is 4. The number of carbonyl (C=O) groups is 1. The quantitative estimate of drug-likeness (QED) is 0.566. The van der Waals surface area contributed by atoms with E-state index in [0.717, 1.165) is 16.9 Å². The summed E-state index contributed by atoms with van der Waals surface area (Å²) in [6.07, 6.45) is 1.73. The molecule has 0 aliphatic rings.